The minimum Gasteiger partial charge on any atom is -0.493 e. The van der Waals surface area contributed by atoms with Crippen molar-refractivity contribution in [3.05, 3.63) is 78.0 Å². The highest BCUT2D eigenvalue weighted by molar-refractivity contribution is 7.99. The van der Waals surface area contributed by atoms with Crippen LogP contribution in [0.2, 0.25) is 0 Å². The van der Waals surface area contributed by atoms with Crippen molar-refractivity contribution in [2.45, 2.75) is 29.8 Å². The van der Waals surface area contributed by atoms with Gasteiger partial charge < -0.3 is 14.8 Å². The highest BCUT2D eigenvalue weighted by Gasteiger charge is 2.17. The lowest BCUT2D eigenvalue weighted by Gasteiger charge is -2.17. The number of rotatable bonds is 8. The Hall–Kier alpha value is -2.99. The molecule has 3 rings (SSSR count). The molecule has 0 spiro atoms. The van der Waals surface area contributed by atoms with Crippen molar-refractivity contribution in [2.75, 3.05) is 13.7 Å². The van der Waals surface area contributed by atoms with E-state index in [0.29, 0.717) is 28.7 Å². The number of carbonyl (C=O) groups excluding carboxylic acids is 1. The van der Waals surface area contributed by atoms with Crippen LogP contribution in [0.5, 0.6) is 11.5 Å². The Morgan fingerprint density at radius 1 is 1.10 bits per heavy atom. The molecule has 150 valence electrons. The molecule has 0 bridgehead atoms. The predicted octanol–water partition coefficient (Wildman–Crippen LogP) is 5.13. The molecular formula is C23H24N2O3S. The summed E-state index contributed by atoms with van der Waals surface area (Å²) >= 11 is 1.47. The quantitative estimate of drug-likeness (QED) is 0.560. The van der Waals surface area contributed by atoms with E-state index in [9.17, 15) is 4.79 Å². The molecule has 1 atom stereocenters. The minimum absolute atomic E-state index is 0.170. The Bertz CT molecular complexity index is 963. The first-order chi connectivity index (χ1) is 14.1. The van der Waals surface area contributed by atoms with Crippen LogP contribution >= 0.6 is 11.8 Å². The van der Waals surface area contributed by atoms with Crippen molar-refractivity contribution in [3.63, 3.8) is 0 Å². The Morgan fingerprint density at radius 3 is 2.62 bits per heavy atom. The lowest BCUT2D eigenvalue weighted by Crippen LogP contribution is -2.27. The van der Waals surface area contributed by atoms with E-state index in [1.807, 2.05) is 62.4 Å². The second-order valence-electron chi connectivity index (χ2n) is 6.31. The first kappa shape index (κ1) is 20.7. The third-order valence-corrected chi connectivity index (χ3v) is 5.34. The van der Waals surface area contributed by atoms with E-state index in [0.717, 1.165) is 10.5 Å². The Balaban J connectivity index is 1.77. The summed E-state index contributed by atoms with van der Waals surface area (Å²) in [7, 11) is 1.60. The molecule has 1 amide bonds. The highest BCUT2D eigenvalue weighted by atomic mass is 32.2. The molecule has 0 aliphatic carbocycles. The molecule has 0 fully saturated rings. The molecule has 3 aromatic rings. The molecule has 5 nitrogen and oxygen atoms in total. The number of benzene rings is 2. The van der Waals surface area contributed by atoms with Crippen LogP contribution < -0.4 is 14.8 Å². The fraction of sp³-hybridized carbons (Fsp3) is 0.217. The summed E-state index contributed by atoms with van der Waals surface area (Å²) < 4.78 is 11.0. The van der Waals surface area contributed by atoms with Gasteiger partial charge in [-0.25, -0.2) is 4.98 Å². The zero-order valence-electron chi connectivity index (χ0n) is 16.7. The summed E-state index contributed by atoms with van der Waals surface area (Å²) in [5.74, 6) is 1.16. The monoisotopic (exact) mass is 408 g/mol. The summed E-state index contributed by atoms with van der Waals surface area (Å²) in [6.07, 6.45) is 1.70. The molecule has 0 saturated carbocycles. The van der Waals surface area contributed by atoms with Crippen molar-refractivity contribution in [1.82, 2.24) is 10.3 Å². The fourth-order valence-corrected chi connectivity index (χ4v) is 3.73. The molecule has 1 N–H and O–H groups in total. The maximum atomic E-state index is 12.9. The molecule has 0 radical (unpaired) electrons. The van der Waals surface area contributed by atoms with Crippen LogP contribution in [0.3, 0.4) is 0 Å². The van der Waals surface area contributed by atoms with Gasteiger partial charge in [-0.2, -0.15) is 0 Å². The lowest BCUT2D eigenvalue weighted by atomic mass is 10.1. The molecule has 1 unspecified atom stereocenters. The van der Waals surface area contributed by atoms with Crippen LogP contribution in [-0.4, -0.2) is 24.6 Å². The van der Waals surface area contributed by atoms with Crippen LogP contribution in [0, 0.1) is 0 Å². The third-order valence-electron chi connectivity index (χ3n) is 4.31. The first-order valence-electron chi connectivity index (χ1n) is 9.42. The normalized spacial score (nSPS) is 11.6. The van der Waals surface area contributed by atoms with Gasteiger partial charge in [0.05, 0.1) is 25.3 Å². The van der Waals surface area contributed by atoms with Gasteiger partial charge in [0.2, 0.25) is 0 Å². The number of hydrogen-bond donors (Lipinski definition) is 1. The lowest BCUT2D eigenvalue weighted by molar-refractivity contribution is 0.0936. The SMILES string of the molecule is CCOc1ccc(C(C)NC(=O)c2cccnc2Sc2ccccc2)cc1OC. The summed E-state index contributed by atoms with van der Waals surface area (Å²) in [4.78, 5) is 18.4. The van der Waals surface area contributed by atoms with Gasteiger partial charge in [-0.3, -0.25) is 4.79 Å². The van der Waals surface area contributed by atoms with Crippen molar-refractivity contribution >= 4 is 17.7 Å². The smallest absolute Gasteiger partial charge is 0.254 e. The molecule has 0 aliphatic heterocycles. The number of methoxy groups -OCH3 is 1. The number of amides is 1. The van der Waals surface area contributed by atoms with E-state index in [1.165, 1.54) is 11.8 Å². The number of nitrogens with zero attached hydrogens (tertiary/aromatic N) is 1. The molecule has 1 heterocycles. The maximum Gasteiger partial charge on any atom is 0.254 e. The Morgan fingerprint density at radius 2 is 1.90 bits per heavy atom. The maximum absolute atomic E-state index is 12.9. The van der Waals surface area contributed by atoms with Crippen LogP contribution in [0.1, 0.15) is 35.8 Å². The summed E-state index contributed by atoms with van der Waals surface area (Å²) in [5.41, 5.74) is 1.48. The molecule has 0 aliphatic rings. The number of pyridine rings is 1. The molecule has 1 aromatic heterocycles. The van der Waals surface area contributed by atoms with E-state index >= 15 is 0 Å². The van der Waals surface area contributed by atoms with Crippen molar-refractivity contribution in [1.29, 1.82) is 0 Å². The highest BCUT2D eigenvalue weighted by Crippen LogP contribution is 2.31. The number of carbonyl (C=O) groups is 1. The van der Waals surface area contributed by atoms with E-state index in [2.05, 4.69) is 10.3 Å². The van der Waals surface area contributed by atoms with E-state index in [1.54, 1.807) is 25.4 Å². The largest absolute Gasteiger partial charge is 0.493 e. The van der Waals surface area contributed by atoms with Gasteiger partial charge in [-0.15, -0.1) is 0 Å². The van der Waals surface area contributed by atoms with Gasteiger partial charge in [-0.1, -0.05) is 36.0 Å². The zero-order valence-corrected chi connectivity index (χ0v) is 17.5. The first-order valence-corrected chi connectivity index (χ1v) is 10.2. The van der Waals surface area contributed by atoms with Crippen molar-refractivity contribution in [3.8, 4) is 11.5 Å². The molecule has 2 aromatic carbocycles. The van der Waals surface area contributed by atoms with Gasteiger partial charge in [0, 0.05) is 11.1 Å². The van der Waals surface area contributed by atoms with E-state index in [4.69, 9.17) is 9.47 Å². The van der Waals surface area contributed by atoms with E-state index < -0.39 is 0 Å². The number of ether oxygens (including phenoxy) is 2. The van der Waals surface area contributed by atoms with Gasteiger partial charge in [-0.05, 0) is 55.8 Å². The molecule has 6 heteroatoms. The average Bonchev–Trinajstić information content (AvgIpc) is 2.75. The summed E-state index contributed by atoms with van der Waals surface area (Å²) in [6, 6.07) is 18.9. The standard InChI is InChI=1S/C23H24N2O3S/c1-4-28-20-13-12-17(15-21(20)27-3)16(2)25-22(26)19-11-8-14-24-23(19)29-18-9-6-5-7-10-18/h5-16H,4H2,1-3H3,(H,25,26). The number of nitrogens with one attached hydrogen (secondary N) is 1. The molecule has 0 saturated heterocycles. The second kappa shape index (κ2) is 9.98. The molecule has 29 heavy (non-hydrogen) atoms. The predicted molar refractivity (Wildman–Crippen MR) is 115 cm³/mol. The fourth-order valence-electron chi connectivity index (χ4n) is 2.83. The summed E-state index contributed by atoms with van der Waals surface area (Å²) in [6.45, 7) is 4.42. The van der Waals surface area contributed by atoms with Gasteiger partial charge in [0.1, 0.15) is 5.03 Å². The van der Waals surface area contributed by atoms with E-state index in [-0.39, 0.29) is 11.9 Å². The van der Waals surface area contributed by atoms with Gasteiger partial charge in [0.25, 0.3) is 5.91 Å². The molecular weight excluding hydrogens is 384 g/mol. The third kappa shape index (κ3) is 5.29. The average molecular weight is 409 g/mol. The minimum atomic E-state index is -0.207. The van der Waals surface area contributed by atoms with Crippen LogP contribution in [0.15, 0.2) is 76.8 Å². The number of aromatic nitrogens is 1. The zero-order chi connectivity index (χ0) is 20.6. The van der Waals surface area contributed by atoms with Crippen molar-refractivity contribution in [2.24, 2.45) is 0 Å². The topological polar surface area (TPSA) is 60.5 Å². The second-order valence-corrected chi connectivity index (χ2v) is 7.37. The van der Waals surface area contributed by atoms with Crippen LogP contribution in [-0.2, 0) is 0 Å². The Kier molecular flexibility index (Phi) is 7.14. The van der Waals surface area contributed by atoms with Gasteiger partial charge >= 0.3 is 0 Å². The van der Waals surface area contributed by atoms with Gasteiger partial charge in [0.15, 0.2) is 11.5 Å². The van der Waals surface area contributed by atoms with Crippen LogP contribution in [0.4, 0.5) is 0 Å². The Labute approximate surface area is 175 Å². The van der Waals surface area contributed by atoms with Crippen molar-refractivity contribution < 1.29 is 14.3 Å². The number of hydrogen-bond acceptors (Lipinski definition) is 5. The summed E-state index contributed by atoms with van der Waals surface area (Å²) in [5, 5.41) is 3.73. The van der Waals surface area contributed by atoms with Crippen LogP contribution in [0.25, 0.3) is 0 Å².